The zero-order valence-electron chi connectivity index (χ0n) is 15.0. The van der Waals surface area contributed by atoms with Gasteiger partial charge in [0.15, 0.2) is 0 Å². The van der Waals surface area contributed by atoms with Crippen LogP contribution in [0.2, 0.25) is 0 Å². The highest BCUT2D eigenvalue weighted by atomic mass is 16.2. The van der Waals surface area contributed by atoms with Crippen LogP contribution in [0.3, 0.4) is 0 Å². The fourth-order valence-electron chi connectivity index (χ4n) is 3.42. The van der Waals surface area contributed by atoms with Gasteiger partial charge in [-0.05, 0) is 31.5 Å². The summed E-state index contributed by atoms with van der Waals surface area (Å²) in [6, 6.07) is 5.80. The van der Waals surface area contributed by atoms with Crippen LogP contribution in [-0.2, 0) is 13.1 Å². The minimum absolute atomic E-state index is 0.0442. The first kappa shape index (κ1) is 16.5. The number of imidazole rings is 1. The Bertz CT molecular complexity index is 907. The van der Waals surface area contributed by atoms with E-state index in [1.165, 1.54) is 0 Å². The Morgan fingerprint density at radius 3 is 2.81 bits per heavy atom. The molecule has 1 saturated heterocycles. The Hall–Kier alpha value is -2.96. The third-order valence-electron chi connectivity index (χ3n) is 4.92. The zero-order chi connectivity index (χ0) is 18.1. The quantitative estimate of drug-likeness (QED) is 0.707. The number of aromatic nitrogens is 5. The first-order valence-electron chi connectivity index (χ1n) is 8.89. The monoisotopic (exact) mass is 350 g/mol. The molecule has 134 valence electrons. The fraction of sp³-hybridized carbons (Fsp3) is 0.368. The normalized spacial score (nSPS) is 14.5. The summed E-state index contributed by atoms with van der Waals surface area (Å²) in [4.78, 5) is 23.3. The highest BCUT2D eigenvalue weighted by Gasteiger charge is 2.36. The predicted octanol–water partition coefficient (Wildman–Crippen LogP) is 2.09. The summed E-state index contributed by atoms with van der Waals surface area (Å²) in [6.07, 6.45) is 7.24. The molecular formula is C19H22N6O. The summed E-state index contributed by atoms with van der Waals surface area (Å²) in [5.74, 6) is 1.35. The number of nitrogens with zero attached hydrogens (tertiary/aromatic N) is 6. The van der Waals surface area contributed by atoms with Crippen LogP contribution >= 0.6 is 0 Å². The third-order valence-corrected chi connectivity index (χ3v) is 4.92. The van der Waals surface area contributed by atoms with Crippen LogP contribution in [0.15, 0.2) is 43.0 Å². The van der Waals surface area contributed by atoms with Gasteiger partial charge in [0.1, 0.15) is 11.5 Å². The van der Waals surface area contributed by atoms with Gasteiger partial charge in [0.2, 0.25) is 0 Å². The summed E-state index contributed by atoms with van der Waals surface area (Å²) >= 11 is 0. The lowest BCUT2D eigenvalue weighted by Crippen LogP contribution is -2.49. The van der Waals surface area contributed by atoms with Gasteiger partial charge in [-0.15, -0.1) is 0 Å². The lowest BCUT2D eigenvalue weighted by atomic mass is 9.98. The maximum atomic E-state index is 12.7. The second kappa shape index (κ2) is 6.74. The molecule has 3 aromatic heterocycles. The summed E-state index contributed by atoms with van der Waals surface area (Å²) < 4.78 is 3.96. The number of aryl methyl sites for hydroxylation is 2. The van der Waals surface area contributed by atoms with Gasteiger partial charge in [0.05, 0.1) is 12.5 Å². The smallest absolute Gasteiger partial charge is 0.272 e. The number of likely N-dealkylation sites (tertiary alicyclic amines) is 1. The maximum Gasteiger partial charge on any atom is 0.272 e. The van der Waals surface area contributed by atoms with Crippen LogP contribution < -0.4 is 0 Å². The zero-order valence-corrected chi connectivity index (χ0v) is 15.0. The van der Waals surface area contributed by atoms with Crippen molar-refractivity contribution in [3.63, 3.8) is 0 Å². The van der Waals surface area contributed by atoms with Crippen LogP contribution in [0.25, 0.3) is 0 Å². The maximum absolute atomic E-state index is 12.7. The van der Waals surface area contributed by atoms with Gasteiger partial charge in [-0.2, -0.15) is 5.10 Å². The number of rotatable bonds is 5. The van der Waals surface area contributed by atoms with Crippen LogP contribution in [0.4, 0.5) is 0 Å². The number of hydrogen-bond donors (Lipinski definition) is 0. The molecule has 0 radical (unpaired) electrons. The predicted molar refractivity (Wildman–Crippen MR) is 96.8 cm³/mol. The number of carbonyl (C=O) groups excluding carboxylic acids is 1. The number of amides is 1. The second-order valence-electron chi connectivity index (χ2n) is 6.64. The van der Waals surface area contributed by atoms with E-state index in [2.05, 4.69) is 32.6 Å². The molecule has 0 saturated carbocycles. The van der Waals surface area contributed by atoms with Crippen molar-refractivity contribution in [2.24, 2.45) is 0 Å². The molecule has 4 heterocycles. The molecule has 0 atom stereocenters. The van der Waals surface area contributed by atoms with E-state index in [1.807, 2.05) is 30.3 Å². The van der Waals surface area contributed by atoms with E-state index in [0.29, 0.717) is 25.3 Å². The van der Waals surface area contributed by atoms with E-state index >= 15 is 0 Å². The van der Waals surface area contributed by atoms with E-state index in [1.54, 1.807) is 23.1 Å². The largest absolute Gasteiger partial charge is 0.336 e. The Balaban J connectivity index is 1.47. The molecule has 0 spiro atoms. The van der Waals surface area contributed by atoms with Crippen molar-refractivity contribution < 1.29 is 4.79 Å². The molecule has 1 amide bonds. The minimum atomic E-state index is 0.0442. The summed E-state index contributed by atoms with van der Waals surface area (Å²) in [6.45, 7) is 6.88. The first-order chi connectivity index (χ1) is 12.7. The van der Waals surface area contributed by atoms with Crippen molar-refractivity contribution >= 4 is 5.91 Å². The van der Waals surface area contributed by atoms with Crippen LogP contribution in [0.5, 0.6) is 0 Å². The van der Waals surface area contributed by atoms with E-state index < -0.39 is 0 Å². The molecule has 0 N–H and O–H groups in total. The van der Waals surface area contributed by atoms with Crippen LogP contribution in [0.1, 0.15) is 40.4 Å². The van der Waals surface area contributed by atoms with Gasteiger partial charge in [0.25, 0.3) is 5.91 Å². The van der Waals surface area contributed by atoms with E-state index in [9.17, 15) is 4.79 Å². The summed E-state index contributed by atoms with van der Waals surface area (Å²) in [5.41, 5.74) is 2.92. The van der Waals surface area contributed by atoms with Crippen LogP contribution in [0, 0.1) is 6.92 Å². The van der Waals surface area contributed by atoms with Crippen molar-refractivity contribution in [3.05, 3.63) is 65.8 Å². The Labute approximate surface area is 152 Å². The molecule has 0 bridgehead atoms. The number of carbonyl (C=O) groups is 1. The molecular weight excluding hydrogens is 328 g/mol. The molecule has 3 aromatic rings. The molecule has 1 fully saturated rings. The van der Waals surface area contributed by atoms with Gasteiger partial charge in [-0.25, -0.2) is 4.98 Å². The average molecular weight is 350 g/mol. The van der Waals surface area contributed by atoms with Gasteiger partial charge in [0, 0.05) is 50.1 Å². The molecule has 0 aromatic carbocycles. The van der Waals surface area contributed by atoms with Crippen molar-refractivity contribution in [2.75, 3.05) is 13.1 Å². The van der Waals surface area contributed by atoms with E-state index in [4.69, 9.17) is 0 Å². The van der Waals surface area contributed by atoms with Gasteiger partial charge in [-0.1, -0.05) is 6.07 Å². The molecule has 4 rings (SSSR count). The van der Waals surface area contributed by atoms with E-state index in [0.717, 1.165) is 23.6 Å². The molecule has 1 aliphatic rings. The van der Waals surface area contributed by atoms with Gasteiger partial charge in [-0.3, -0.25) is 14.5 Å². The molecule has 0 aliphatic carbocycles. The topological polar surface area (TPSA) is 68.8 Å². The highest BCUT2D eigenvalue weighted by Crippen LogP contribution is 2.28. The summed E-state index contributed by atoms with van der Waals surface area (Å²) in [5, 5.41) is 4.18. The van der Waals surface area contributed by atoms with Crippen molar-refractivity contribution in [3.8, 4) is 0 Å². The molecule has 1 aliphatic heterocycles. The third kappa shape index (κ3) is 2.89. The SMILES string of the molecule is CCn1nccc1C(=O)N1CC(c2ncc(C)n2Cc2cccnc2)C1. The van der Waals surface area contributed by atoms with E-state index in [-0.39, 0.29) is 11.8 Å². The fourth-order valence-corrected chi connectivity index (χ4v) is 3.42. The first-order valence-corrected chi connectivity index (χ1v) is 8.89. The van der Waals surface area contributed by atoms with Crippen molar-refractivity contribution in [1.82, 2.24) is 29.2 Å². The Morgan fingerprint density at radius 2 is 2.08 bits per heavy atom. The van der Waals surface area contributed by atoms with Gasteiger partial charge >= 0.3 is 0 Å². The molecule has 26 heavy (non-hydrogen) atoms. The lowest BCUT2D eigenvalue weighted by Gasteiger charge is -2.39. The van der Waals surface area contributed by atoms with Gasteiger partial charge < -0.3 is 9.47 Å². The highest BCUT2D eigenvalue weighted by molar-refractivity contribution is 5.93. The molecule has 7 heteroatoms. The van der Waals surface area contributed by atoms with Crippen molar-refractivity contribution in [2.45, 2.75) is 32.9 Å². The Morgan fingerprint density at radius 1 is 1.23 bits per heavy atom. The molecule has 7 nitrogen and oxygen atoms in total. The lowest BCUT2D eigenvalue weighted by molar-refractivity contribution is 0.0578. The second-order valence-corrected chi connectivity index (χ2v) is 6.64. The number of hydrogen-bond acceptors (Lipinski definition) is 4. The standard InChI is InChI=1S/C19H22N6O/c1-3-25-17(6-8-22-25)19(26)23-12-16(13-23)18-21-9-14(2)24(18)11-15-5-4-7-20-10-15/h4-10,16H,3,11-13H2,1-2H3. The average Bonchev–Trinajstić information content (AvgIpc) is 3.23. The minimum Gasteiger partial charge on any atom is -0.336 e. The number of pyridine rings is 1. The van der Waals surface area contributed by atoms with Crippen LogP contribution in [-0.4, -0.2) is 48.2 Å². The Kier molecular flexibility index (Phi) is 4.28. The molecule has 0 unspecified atom stereocenters. The van der Waals surface area contributed by atoms with Crippen molar-refractivity contribution in [1.29, 1.82) is 0 Å². The summed E-state index contributed by atoms with van der Waals surface area (Å²) in [7, 11) is 0.